The SMILES string of the molecule is Nc1ccc(OCC(=O)N2CCS(=O)(=O)CC2)nc1. The van der Waals surface area contributed by atoms with E-state index in [4.69, 9.17) is 10.5 Å². The first-order valence-electron chi connectivity index (χ1n) is 5.79. The van der Waals surface area contributed by atoms with Crippen molar-refractivity contribution in [1.82, 2.24) is 9.88 Å². The lowest BCUT2D eigenvalue weighted by Crippen LogP contribution is -2.45. The number of pyridine rings is 1. The third-order valence-electron chi connectivity index (χ3n) is 2.80. The number of ether oxygens (including phenoxy) is 1. The van der Waals surface area contributed by atoms with E-state index in [-0.39, 0.29) is 37.1 Å². The summed E-state index contributed by atoms with van der Waals surface area (Å²) in [6, 6.07) is 3.20. The van der Waals surface area contributed by atoms with Crippen LogP contribution in [0.5, 0.6) is 5.88 Å². The second-order valence-electron chi connectivity index (χ2n) is 4.25. The average molecular weight is 285 g/mol. The highest BCUT2D eigenvalue weighted by Gasteiger charge is 2.25. The number of hydrogen-bond donors (Lipinski definition) is 1. The van der Waals surface area contributed by atoms with Crippen LogP contribution in [-0.2, 0) is 14.6 Å². The number of rotatable bonds is 3. The summed E-state index contributed by atoms with van der Waals surface area (Å²) >= 11 is 0. The Bertz CT molecular complexity index is 542. The van der Waals surface area contributed by atoms with E-state index >= 15 is 0 Å². The molecule has 0 aliphatic carbocycles. The van der Waals surface area contributed by atoms with Crippen molar-refractivity contribution in [1.29, 1.82) is 0 Å². The number of nitrogens with zero attached hydrogens (tertiary/aromatic N) is 2. The molecule has 104 valence electrons. The van der Waals surface area contributed by atoms with E-state index in [1.165, 1.54) is 11.1 Å². The highest BCUT2D eigenvalue weighted by molar-refractivity contribution is 7.91. The topological polar surface area (TPSA) is 103 Å². The number of anilines is 1. The molecular formula is C11H15N3O4S. The van der Waals surface area contributed by atoms with Crippen LogP contribution < -0.4 is 10.5 Å². The predicted molar refractivity (Wildman–Crippen MR) is 69.4 cm³/mol. The summed E-state index contributed by atoms with van der Waals surface area (Å²) in [5, 5.41) is 0. The van der Waals surface area contributed by atoms with E-state index < -0.39 is 9.84 Å². The maximum absolute atomic E-state index is 11.8. The molecule has 2 rings (SSSR count). The molecule has 0 spiro atoms. The summed E-state index contributed by atoms with van der Waals surface area (Å²) in [4.78, 5) is 17.2. The maximum Gasteiger partial charge on any atom is 0.260 e. The Morgan fingerprint density at radius 3 is 2.63 bits per heavy atom. The molecule has 2 N–H and O–H groups in total. The van der Waals surface area contributed by atoms with Crippen molar-refractivity contribution in [2.24, 2.45) is 0 Å². The zero-order chi connectivity index (χ0) is 13.9. The Hall–Kier alpha value is -1.83. The molecule has 2 heterocycles. The zero-order valence-corrected chi connectivity index (χ0v) is 11.1. The Kier molecular flexibility index (Phi) is 3.89. The first-order valence-corrected chi connectivity index (χ1v) is 7.61. The molecule has 0 unspecified atom stereocenters. The van der Waals surface area contributed by atoms with Gasteiger partial charge in [0.1, 0.15) is 0 Å². The predicted octanol–water partition coefficient (Wildman–Crippen LogP) is -0.700. The van der Waals surface area contributed by atoms with Crippen LogP contribution in [0.3, 0.4) is 0 Å². The van der Waals surface area contributed by atoms with Gasteiger partial charge in [-0.2, -0.15) is 0 Å². The Balaban J connectivity index is 1.83. The van der Waals surface area contributed by atoms with Gasteiger partial charge in [0.15, 0.2) is 16.4 Å². The van der Waals surface area contributed by atoms with Crippen molar-refractivity contribution in [3.63, 3.8) is 0 Å². The van der Waals surface area contributed by atoms with Crippen molar-refractivity contribution in [3.8, 4) is 5.88 Å². The van der Waals surface area contributed by atoms with Gasteiger partial charge >= 0.3 is 0 Å². The third kappa shape index (κ3) is 3.82. The molecule has 1 saturated heterocycles. The maximum atomic E-state index is 11.8. The molecule has 0 saturated carbocycles. The zero-order valence-electron chi connectivity index (χ0n) is 10.3. The molecule has 8 heteroatoms. The largest absolute Gasteiger partial charge is 0.468 e. The molecule has 0 atom stereocenters. The van der Waals surface area contributed by atoms with Gasteiger partial charge in [0.25, 0.3) is 5.91 Å². The van der Waals surface area contributed by atoms with E-state index in [9.17, 15) is 13.2 Å². The van der Waals surface area contributed by atoms with Crippen LogP contribution in [0.25, 0.3) is 0 Å². The van der Waals surface area contributed by atoms with E-state index in [1.54, 1.807) is 12.1 Å². The summed E-state index contributed by atoms with van der Waals surface area (Å²) in [6.07, 6.45) is 1.44. The lowest BCUT2D eigenvalue weighted by atomic mass is 10.4. The number of aromatic nitrogens is 1. The van der Waals surface area contributed by atoms with Crippen LogP contribution in [0.4, 0.5) is 5.69 Å². The van der Waals surface area contributed by atoms with Crippen LogP contribution in [0.2, 0.25) is 0 Å². The summed E-state index contributed by atoms with van der Waals surface area (Å²) in [5.41, 5.74) is 5.99. The van der Waals surface area contributed by atoms with E-state index in [1.807, 2.05) is 0 Å². The van der Waals surface area contributed by atoms with Crippen LogP contribution in [0.1, 0.15) is 0 Å². The minimum Gasteiger partial charge on any atom is -0.468 e. The fourth-order valence-electron chi connectivity index (χ4n) is 1.67. The fraction of sp³-hybridized carbons (Fsp3) is 0.455. The molecule has 1 aromatic rings. The number of nitrogen functional groups attached to an aromatic ring is 1. The number of nitrogens with two attached hydrogens (primary N) is 1. The molecule has 19 heavy (non-hydrogen) atoms. The average Bonchev–Trinajstić information content (AvgIpc) is 2.37. The summed E-state index contributed by atoms with van der Waals surface area (Å²) in [5.74, 6) is 0.0956. The normalized spacial score (nSPS) is 18.0. The van der Waals surface area contributed by atoms with E-state index in [0.717, 1.165) is 0 Å². The molecule has 0 bridgehead atoms. The van der Waals surface area contributed by atoms with Gasteiger partial charge in [-0.15, -0.1) is 0 Å². The van der Waals surface area contributed by atoms with Gasteiger partial charge in [0.05, 0.1) is 23.4 Å². The first kappa shape index (κ1) is 13.6. The fourth-order valence-corrected chi connectivity index (χ4v) is 2.87. The van der Waals surface area contributed by atoms with Crippen molar-refractivity contribution in [3.05, 3.63) is 18.3 Å². The monoisotopic (exact) mass is 285 g/mol. The molecular weight excluding hydrogens is 270 g/mol. The van der Waals surface area contributed by atoms with Gasteiger partial charge in [-0.3, -0.25) is 4.79 Å². The molecule has 0 aromatic carbocycles. The van der Waals surface area contributed by atoms with Crippen molar-refractivity contribution >= 4 is 21.4 Å². The molecule has 1 amide bonds. The van der Waals surface area contributed by atoms with Crippen molar-refractivity contribution in [2.45, 2.75) is 0 Å². The van der Waals surface area contributed by atoms with Crippen molar-refractivity contribution < 1.29 is 17.9 Å². The number of amides is 1. The van der Waals surface area contributed by atoms with Gasteiger partial charge in [-0.25, -0.2) is 13.4 Å². The number of hydrogen-bond acceptors (Lipinski definition) is 6. The highest BCUT2D eigenvalue weighted by atomic mass is 32.2. The van der Waals surface area contributed by atoms with Gasteiger partial charge in [0, 0.05) is 19.2 Å². The Morgan fingerprint density at radius 1 is 1.37 bits per heavy atom. The minimum atomic E-state index is -2.98. The Morgan fingerprint density at radius 2 is 2.05 bits per heavy atom. The highest BCUT2D eigenvalue weighted by Crippen LogP contribution is 2.09. The van der Waals surface area contributed by atoms with Gasteiger partial charge < -0.3 is 15.4 Å². The molecule has 0 radical (unpaired) electrons. The molecule has 1 aliphatic rings. The van der Waals surface area contributed by atoms with Crippen LogP contribution in [0.15, 0.2) is 18.3 Å². The lowest BCUT2D eigenvalue weighted by Gasteiger charge is -2.26. The second-order valence-corrected chi connectivity index (χ2v) is 6.55. The minimum absolute atomic E-state index is 0.0128. The molecule has 1 fully saturated rings. The standard InChI is InChI=1S/C11H15N3O4S/c12-9-1-2-10(13-7-9)18-8-11(15)14-3-5-19(16,17)6-4-14/h1-2,7H,3-6,8,12H2. The Labute approximate surface area is 111 Å². The quantitative estimate of drug-likeness (QED) is 0.787. The first-order chi connectivity index (χ1) is 8.96. The second kappa shape index (κ2) is 5.43. The molecule has 7 nitrogen and oxygen atoms in total. The van der Waals surface area contributed by atoms with E-state index in [0.29, 0.717) is 11.6 Å². The van der Waals surface area contributed by atoms with Crippen LogP contribution >= 0.6 is 0 Å². The van der Waals surface area contributed by atoms with Gasteiger partial charge in [-0.05, 0) is 6.07 Å². The lowest BCUT2D eigenvalue weighted by molar-refractivity contribution is -0.133. The summed E-state index contributed by atoms with van der Waals surface area (Å²) in [6.45, 7) is 0.288. The van der Waals surface area contributed by atoms with Crippen LogP contribution in [0, 0.1) is 0 Å². The third-order valence-corrected chi connectivity index (χ3v) is 4.41. The molecule has 1 aliphatic heterocycles. The number of carbonyl (C=O) groups excluding carboxylic acids is 1. The van der Waals surface area contributed by atoms with Crippen molar-refractivity contribution in [2.75, 3.05) is 36.9 Å². The van der Waals surface area contributed by atoms with Crippen LogP contribution in [-0.4, -0.2) is 55.4 Å². The smallest absolute Gasteiger partial charge is 0.260 e. The van der Waals surface area contributed by atoms with E-state index in [2.05, 4.69) is 4.98 Å². The number of carbonyl (C=O) groups is 1. The number of sulfone groups is 1. The van der Waals surface area contributed by atoms with Gasteiger partial charge in [0.2, 0.25) is 5.88 Å². The summed E-state index contributed by atoms with van der Waals surface area (Å²) in [7, 11) is -2.98. The van der Waals surface area contributed by atoms with Gasteiger partial charge in [-0.1, -0.05) is 0 Å². The summed E-state index contributed by atoms with van der Waals surface area (Å²) < 4.78 is 27.7. The molecule has 1 aromatic heterocycles.